The molecular weight excluding hydrogens is 90.1 g/mol. The molecule has 2 heteroatoms. The van der Waals surface area contributed by atoms with Crippen molar-refractivity contribution in [2.75, 3.05) is 0 Å². The molecule has 0 fully saturated rings. The lowest BCUT2D eigenvalue weighted by molar-refractivity contribution is 0.528. The van der Waals surface area contributed by atoms with Crippen LogP contribution in [0.2, 0.25) is 0 Å². The summed E-state index contributed by atoms with van der Waals surface area (Å²) in [7, 11) is 0. The van der Waals surface area contributed by atoms with Crippen LogP contribution in [0.4, 0.5) is 0 Å². The van der Waals surface area contributed by atoms with Gasteiger partial charge >= 0.3 is 0 Å². The Balaban J connectivity index is 3.33. The predicted octanol–water partition coefficient (Wildman–Crippen LogP) is 1.80. The summed E-state index contributed by atoms with van der Waals surface area (Å²) in [6.45, 7) is 5.77. The van der Waals surface area contributed by atoms with Crippen LogP contribution in [-0.2, 0) is 0 Å². The smallest absolute Gasteiger partial charge is 0.0914 e. The second-order valence-corrected chi connectivity index (χ2v) is 2.09. The zero-order valence-electron chi connectivity index (χ0n) is 5.01. The van der Waals surface area contributed by atoms with Crippen LogP contribution in [0.25, 0.3) is 0 Å². The van der Waals surface area contributed by atoms with Crippen molar-refractivity contribution in [3.8, 4) is 0 Å². The van der Waals surface area contributed by atoms with Gasteiger partial charge in [-0.1, -0.05) is 19.0 Å². The first-order valence-corrected chi connectivity index (χ1v) is 2.51. The molecule has 7 heavy (non-hydrogen) atoms. The molecule has 0 N–H and O–H groups in total. The van der Waals surface area contributed by atoms with E-state index in [1.54, 1.807) is 0 Å². The van der Waals surface area contributed by atoms with E-state index in [1.807, 2.05) is 20.8 Å². The van der Waals surface area contributed by atoms with Gasteiger partial charge in [0.2, 0.25) is 0 Å². The van der Waals surface area contributed by atoms with E-state index in [0.717, 1.165) is 0 Å². The normalized spacial score (nSPS) is 14.3. The summed E-state index contributed by atoms with van der Waals surface area (Å²) in [5.41, 5.74) is 0. The number of nitroso groups, excluding NO2 is 1. The van der Waals surface area contributed by atoms with Gasteiger partial charge in [-0.05, 0) is 12.8 Å². The zero-order chi connectivity index (χ0) is 5.86. The Labute approximate surface area is 43.9 Å². The van der Waals surface area contributed by atoms with E-state index in [2.05, 4.69) is 5.18 Å². The van der Waals surface area contributed by atoms with Crippen molar-refractivity contribution in [2.24, 2.45) is 11.1 Å². The highest BCUT2D eigenvalue weighted by atomic mass is 16.3. The lowest BCUT2D eigenvalue weighted by Gasteiger charge is -2.02. The van der Waals surface area contributed by atoms with Crippen molar-refractivity contribution in [1.82, 2.24) is 0 Å². The van der Waals surface area contributed by atoms with Crippen LogP contribution >= 0.6 is 0 Å². The highest BCUT2D eigenvalue weighted by molar-refractivity contribution is 4.60. The average molecular weight is 101 g/mol. The van der Waals surface area contributed by atoms with Crippen LogP contribution in [0.1, 0.15) is 20.8 Å². The number of rotatable bonds is 2. The molecule has 1 unspecified atom stereocenters. The van der Waals surface area contributed by atoms with Gasteiger partial charge in [0, 0.05) is 0 Å². The minimum atomic E-state index is -0.0278. The van der Waals surface area contributed by atoms with Crippen molar-refractivity contribution in [1.29, 1.82) is 0 Å². The molecule has 0 rings (SSSR count). The number of hydrogen-bond acceptors (Lipinski definition) is 2. The Morgan fingerprint density at radius 2 is 1.71 bits per heavy atom. The van der Waals surface area contributed by atoms with E-state index in [-0.39, 0.29) is 6.04 Å². The highest BCUT2D eigenvalue weighted by Crippen LogP contribution is 2.02. The van der Waals surface area contributed by atoms with E-state index in [9.17, 15) is 4.91 Å². The van der Waals surface area contributed by atoms with Crippen LogP contribution in [0.15, 0.2) is 5.18 Å². The van der Waals surface area contributed by atoms with Gasteiger partial charge < -0.3 is 0 Å². The topological polar surface area (TPSA) is 29.4 Å². The quantitative estimate of drug-likeness (QED) is 0.487. The Hall–Kier alpha value is -0.400. The Bertz CT molecular complexity index is 61.1. The van der Waals surface area contributed by atoms with Gasteiger partial charge in [0.05, 0.1) is 6.04 Å². The van der Waals surface area contributed by atoms with Gasteiger partial charge in [0.15, 0.2) is 0 Å². The van der Waals surface area contributed by atoms with Crippen LogP contribution in [0.3, 0.4) is 0 Å². The third-order valence-electron chi connectivity index (χ3n) is 1.13. The largest absolute Gasteiger partial charge is 0.151 e. The fourth-order valence-electron chi connectivity index (χ4n) is 0.122. The van der Waals surface area contributed by atoms with Crippen molar-refractivity contribution in [2.45, 2.75) is 26.8 Å². The summed E-state index contributed by atoms with van der Waals surface area (Å²) in [6.07, 6.45) is 0. The molecule has 0 radical (unpaired) electrons. The molecule has 0 amide bonds. The van der Waals surface area contributed by atoms with Crippen molar-refractivity contribution in [3.05, 3.63) is 4.91 Å². The van der Waals surface area contributed by atoms with E-state index < -0.39 is 0 Å². The summed E-state index contributed by atoms with van der Waals surface area (Å²) >= 11 is 0. The Kier molecular flexibility index (Phi) is 2.56. The van der Waals surface area contributed by atoms with Crippen LogP contribution < -0.4 is 0 Å². The van der Waals surface area contributed by atoms with Crippen LogP contribution in [-0.4, -0.2) is 6.04 Å². The monoisotopic (exact) mass is 101 g/mol. The molecule has 0 saturated carbocycles. The fraction of sp³-hybridized carbons (Fsp3) is 1.00. The predicted molar refractivity (Wildman–Crippen MR) is 30.1 cm³/mol. The van der Waals surface area contributed by atoms with Crippen molar-refractivity contribution < 1.29 is 0 Å². The summed E-state index contributed by atoms with van der Waals surface area (Å²) in [5.74, 6) is 0.387. The molecule has 0 aromatic heterocycles. The molecule has 0 aromatic carbocycles. The average Bonchev–Trinajstić information content (AvgIpc) is 1.65. The van der Waals surface area contributed by atoms with E-state index in [4.69, 9.17) is 0 Å². The van der Waals surface area contributed by atoms with Gasteiger partial charge in [-0.2, -0.15) is 4.91 Å². The van der Waals surface area contributed by atoms with Crippen molar-refractivity contribution >= 4 is 0 Å². The number of nitrogens with zero attached hydrogens (tertiary/aromatic N) is 1. The first-order valence-electron chi connectivity index (χ1n) is 2.51. The minimum absolute atomic E-state index is 0.0278. The molecule has 2 nitrogen and oxygen atoms in total. The van der Waals surface area contributed by atoms with Gasteiger partial charge in [0.25, 0.3) is 0 Å². The van der Waals surface area contributed by atoms with Crippen LogP contribution in [0.5, 0.6) is 0 Å². The molecular formula is C5H11NO. The van der Waals surface area contributed by atoms with E-state index >= 15 is 0 Å². The number of hydrogen-bond donors (Lipinski definition) is 0. The standard InChI is InChI=1S/C5H11NO/c1-4(2)5(3)6-7/h4-5H,1-3H3. The van der Waals surface area contributed by atoms with Gasteiger partial charge in [-0.15, -0.1) is 0 Å². The maximum atomic E-state index is 9.70. The molecule has 0 aliphatic carbocycles. The lowest BCUT2D eigenvalue weighted by Crippen LogP contribution is -2.05. The summed E-state index contributed by atoms with van der Waals surface area (Å²) in [6, 6.07) is -0.0278. The first-order chi connectivity index (χ1) is 3.18. The van der Waals surface area contributed by atoms with E-state index in [0.29, 0.717) is 5.92 Å². The third-order valence-corrected chi connectivity index (χ3v) is 1.13. The van der Waals surface area contributed by atoms with Crippen molar-refractivity contribution in [3.63, 3.8) is 0 Å². The second kappa shape index (κ2) is 2.72. The molecule has 0 saturated heterocycles. The molecule has 42 valence electrons. The second-order valence-electron chi connectivity index (χ2n) is 2.09. The van der Waals surface area contributed by atoms with Gasteiger partial charge in [-0.3, -0.25) is 0 Å². The molecule has 0 spiro atoms. The highest BCUT2D eigenvalue weighted by Gasteiger charge is 2.03. The molecule has 0 aliphatic rings. The molecule has 0 heterocycles. The summed E-state index contributed by atoms with van der Waals surface area (Å²) in [5, 5.41) is 2.84. The Morgan fingerprint density at radius 1 is 1.29 bits per heavy atom. The summed E-state index contributed by atoms with van der Waals surface area (Å²) < 4.78 is 0. The first kappa shape index (κ1) is 6.60. The van der Waals surface area contributed by atoms with Crippen LogP contribution in [0, 0.1) is 10.8 Å². The minimum Gasteiger partial charge on any atom is -0.151 e. The lowest BCUT2D eigenvalue weighted by atomic mass is 10.1. The Morgan fingerprint density at radius 3 is 1.71 bits per heavy atom. The zero-order valence-corrected chi connectivity index (χ0v) is 5.01. The van der Waals surface area contributed by atoms with E-state index in [1.165, 1.54) is 0 Å². The SMILES string of the molecule is CC(C)C(C)N=O. The summed E-state index contributed by atoms with van der Waals surface area (Å²) in [4.78, 5) is 9.70. The maximum absolute atomic E-state index is 9.70. The maximum Gasteiger partial charge on any atom is 0.0914 e. The third kappa shape index (κ3) is 2.31. The molecule has 0 aromatic rings. The van der Waals surface area contributed by atoms with Gasteiger partial charge in [0.1, 0.15) is 0 Å². The molecule has 0 aliphatic heterocycles. The molecule has 0 bridgehead atoms. The fourth-order valence-corrected chi connectivity index (χ4v) is 0.122. The van der Waals surface area contributed by atoms with Gasteiger partial charge in [-0.25, -0.2) is 0 Å². The molecule has 1 atom stereocenters.